The van der Waals surface area contributed by atoms with Gasteiger partial charge in [0.1, 0.15) is 5.75 Å². The molecule has 3 rings (SSSR count). The predicted molar refractivity (Wildman–Crippen MR) is 92.9 cm³/mol. The molecule has 5 heteroatoms. The van der Waals surface area contributed by atoms with Crippen molar-refractivity contribution < 1.29 is 9.53 Å². The maximum Gasteiger partial charge on any atom is 0.257 e. The summed E-state index contributed by atoms with van der Waals surface area (Å²) in [6.45, 7) is 3.27. The molecule has 5 nitrogen and oxygen atoms in total. The minimum Gasteiger partial charge on any atom is -0.496 e. The second-order valence-corrected chi connectivity index (χ2v) is 6.11. The molecule has 24 heavy (non-hydrogen) atoms. The fourth-order valence-corrected chi connectivity index (χ4v) is 3.10. The van der Waals surface area contributed by atoms with Crippen molar-refractivity contribution in [3.8, 4) is 5.75 Å². The minimum absolute atomic E-state index is 0.00297. The number of ether oxygens (including phenoxy) is 1. The number of carbonyl (C=O) groups excluding carboxylic acids is 1. The molecule has 0 saturated carbocycles. The summed E-state index contributed by atoms with van der Waals surface area (Å²) in [7, 11) is 1.60. The van der Waals surface area contributed by atoms with Gasteiger partial charge < -0.3 is 15.0 Å². The Balaban J connectivity index is 1.83. The summed E-state index contributed by atoms with van der Waals surface area (Å²) in [5.41, 5.74) is 1.64. The molecule has 1 saturated heterocycles. The van der Waals surface area contributed by atoms with Crippen molar-refractivity contribution in [3.05, 3.63) is 59.9 Å². The molecule has 0 aliphatic carbocycles. The molecule has 1 amide bonds. The molecule has 0 bridgehead atoms. The van der Waals surface area contributed by atoms with E-state index in [0.29, 0.717) is 23.8 Å². The fourth-order valence-electron chi connectivity index (χ4n) is 3.10. The largest absolute Gasteiger partial charge is 0.496 e. The van der Waals surface area contributed by atoms with Crippen molar-refractivity contribution in [3.63, 3.8) is 0 Å². The summed E-state index contributed by atoms with van der Waals surface area (Å²) in [6.07, 6.45) is 4.66. The molecular formula is C19H23N3O2. The number of aromatic nitrogens is 1. The lowest BCUT2D eigenvalue weighted by molar-refractivity contribution is 0.0715. The first kappa shape index (κ1) is 16.5. The van der Waals surface area contributed by atoms with Gasteiger partial charge in [0.05, 0.1) is 12.7 Å². The fraction of sp³-hybridized carbons (Fsp3) is 0.368. The number of methoxy groups -OCH3 is 1. The molecule has 126 valence electrons. The molecule has 0 radical (unpaired) electrons. The second kappa shape index (κ2) is 7.93. The highest BCUT2D eigenvalue weighted by Gasteiger charge is 2.24. The van der Waals surface area contributed by atoms with Gasteiger partial charge in [-0.25, -0.2) is 0 Å². The third kappa shape index (κ3) is 3.92. The zero-order valence-corrected chi connectivity index (χ0v) is 13.9. The molecule has 1 aliphatic rings. The highest BCUT2D eigenvalue weighted by atomic mass is 16.5. The zero-order valence-electron chi connectivity index (χ0n) is 13.9. The number of carbonyl (C=O) groups is 1. The van der Waals surface area contributed by atoms with Gasteiger partial charge in [0.25, 0.3) is 5.91 Å². The topological polar surface area (TPSA) is 54.5 Å². The van der Waals surface area contributed by atoms with Crippen LogP contribution in [0.2, 0.25) is 0 Å². The highest BCUT2D eigenvalue weighted by Crippen LogP contribution is 2.22. The first-order chi connectivity index (χ1) is 11.8. The number of pyridine rings is 1. The van der Waals surface area contributed by atoms with Crippen molar-refractivity contribution in [1.82, 2.24) is 15.2 Å². The summed E-state index contributed by atoms with van der Waals surface area (Å²) in [5.74, 6) is 1.10. The monoisotopic (exact) mass is 325 g/mol. The number of nitrogens with zero attached hydrogens (tertiary/aromatic N) is 2. The molecular weight excluding hydrogens is 302 g/mol. The Morgan fingerprint density at radius 1 is 1.33 bits per heavy atom. The van der Waals surface area contributed by atoms with E-state index >= 15 is 0 Å². The molecule has 1 fully saturated rings. The Kier molecular flexibility index (Phi) is 5.43. The molecule has 1 aromatic carbocycles. The lowest BCUT2D eigenvalue weighted by Gasteiger charge is -2.26. The number of hydrogen-bond donors (Lipinski definition) is 1. The van der Waals surface area contributed by atoms with Crippen molar-refractivity contribution in [2.24, 2.45) is 5.92 Å². The summed E-state index contributed by atoms with van der Waals surface area (Å²) in [4.78, 5) is 19.2. The van der Waals surface area contributed by atoms with E-state index in [9.17, 15) is 4.79 Å². The van der Waals surface area contributed by atoms with Crippen molar-refractivity contribution in [1.29, 1.82) is 0 Å². The number of para-hydroxylation sites is 1. The third-order valence-electron chi connectivity index (χ3n) is 4.36. The van der Waals surface area contributed by atoms with E-state index in [1.165, 1.54) is 0 Å². The average Bonchev–Trinajstić information content (AvgIpc) is 3.14. The standard InChI is InChI=1S/C19H23N3O2/c1-24-18-7-3-2-6-17(18)19(23)22(14-16-8-10-21-12-16)13-15-5-4-9-20-11-15/h2-7,9,11,16,21H,8,10,12-14H2,1H3/t16-/m1/s1. The quantitative estimate of drug-likeness (QED) is 0.886. The summed E-state index contributed by atoms with van der Waals surface area (Å²) >= 11 is 0. The first-order valence-electron chi connectivity index (χ1n) is 8.30. The zero-order chi connectivity index (χ0) is 16.8. The lowest BCUT2D eigenvalue weighted by Crippen LogP contribution is -2.35. The van der Waals surface area contributed by atoms with Crippen LogP contribution in [-0.2, 0) is 6.54 Å². The Morgan fingerprint density at radius 2 is 2.21 bits per heavy atom. The van der Waals surface area contributed by atoms with Gasteiger partial charge >= 0.3 is 0 Å². The van der Waals surface area contributed by atoms with E-state index < -0.39 is 0 Å². The van der Waals surface area contributed by atoms with Crippen LogP contribution in [-0.4, -0.2) is 42.5 Å². The van der Waals surface area contributed by atoms with E-state index in [-0.39, 0.29) is 5.91 Å². The Labute approximate surface area is 142 Å². The van der Waals surface area contributed by atoms with Gasteiger partial charge in [-0.3, -0.25) is 9.78 Å². The van der Waals surface area contributed by atoms with E-state index in [0.717, 1.165) is 31.6 Å². The number of benzene rings is 1. The summed E-state index contributed by atoms with van der Waals surface area (Å²) < 4.78 is 5.36. The van der Waals surface area contributed by atoms with Crippen LogP contribution in [0.25, 0.3) is 0 Å². The van der Waals surface area contributed by atoms with Gasteiger partial charge in [0.15, 0.2) is 0 Å². The maximum atomic E-state index is 13.1. The molecule has 2 aromatic rings. The van der Waals surface area contributed by atoms with Crippen molar-refractivity contribution in [2.45, 2.75) is 13.0 Å². The van der Waals surface area contributed by atoms with E-state index in [2.05, 4.69) is 10.3 Å². The summed E-state index contributed by atoms with van der Waals surface area (Å²) in [5, 5.41) is 3.37. The van der Waals surface area contributed by atoms with Crippen molar-refractivity contribution in [2.75, 3.05) is 26.7 Å². The van der Waals surface area contributed by atoms with Gasteiger partial charge in [-0.05, 0) is 49.2 Å². The third-order valence-corrected chi connectivity index (χ3v) is 4.36. The van der Waals surface area contributed by atoms with Crippen LogP contribution < -0.4 is 10.1 Å². The van der Waals surface area contributed by atoms with E-state index in [1.54, 1.807) is 13.3 Å². The molecule has 1 N–H and O–H groups in total. The number of rotatable bonds is 6. The second-order valence-electron chi connectivity index (χ2n) is 6.11. The summed E-state index contributed by atoms with van der Waals surface area (Å²) in [6, 6.07) is 11.3. The minimum atomic E-state index is 0.00297. The van der Waals surface area contributed by atoms with Gasteiger partial charge in [-0.1, -0.05) is 18.2 Å². The molecule has 1 aliphatic heterocycles. The van der Waals surface area contributed by atoms with Crippen LogP contribution in [0.3, 0.4) is 0 Å². The SMILES string of the molecule is COc1ccccc1C(=O)N(Cc1cccnc1)C[C@@H]1CCNC1. The van der Waals surface area contributed by atoms with Crippen molar-refractivity contribution >= 4 is 5.91 Å². The molecule has 0 unspecified atom stereocenters. The van der Waals surface area contributed by atoms with Crippen LogP contribution >= 0.6 is 0 Å². The average molecular weight is 325 g/mol. The van der Waals surface area contributed by atoms with Crippen LogP contribution in [0.5, 0.6) is 5.75 Å². The smallest absolute Gasteiger partial charge is 0.257 e. The maximum absolute atomic E-state index is 13.1. The number of amides is 1. The van der Waals surface area contributed by atoms with E-state index in [1.807, 2.05) is 47.5 Å². The van der Waals surface area contributed by atoms with Crippen LogP contribution in [0.1, 0.15) is 22.3 Å². The molecule has 0 spiro atoms. The van der Waals surface area contributed by atoms with Gasteiger partial charge in [0, 0.05) is 25.5 Å². The van der Waals surface area contributed by atoms with Crippen LogP contribution in [0, 0.1) is 5.92 Å². The molecule has 1 aromatic heterocycles. The number of nitrogens with one attached hydrogen (secondary N) is 1. The van der Waals surface area contributed by atoms with Gasteiger partial charge in [-0.2, -0.15) is 0 Å². The Hall–Kier alpha value is -2.40. The predicted octanol–water partition coefficient (Wildman–Crippen LogP) is 2.34. The van der Waals surface area contributed by atoms with Gasteiger partial charge in [0.2, 0.25) is 0 Å². The highest BCUT2D eigenvalue weighted by molar-refractivity contribution is 5.96. The first-order valence-corrected chi connectivity index (χ1v) is 8.30. The molecule has 1 atom stereocenters. The lowest BCUT2D eigenvalue weighted by atomic mass is 10.1. The Bertz CT molecular complexity index is 669. The molecule has 2 heterocycles. The van der Waals surface area contributed by atoms with Gasteiger partial charge in [-0.15, -0.1) is 0 Å². The van der Waals surface area contributed by atoms with Crippen LogP contribution in [0.4, 0.5) is 0 Å². The van der Waals surface area contributed by atoms with E-state index in [4.69, 9.17) is 4.74 Å². The normalized spacial score (nSPS) is 16.8. The Morgan fingerprint density at radius 3 is 2.92 bits per heavy atom. The number of hydrogen-bond acceptors (Lipinski definition) is 4. The van der Waals surface area contributed by atoms with Crippen LogP contribution in [0.15, 0.2) is 48.8 Å².